The minimum atomic E-state index is -0.463. The van der Waals surface area contributed by atoms with Gasteiger partial charge < -0.3 is 5.32 Å². The van der Waals surface area contributed by atoms with Crippen LogP contribution in [0.1, 0.15) is 25.7 Å². The quantitative estimate of drug-likeness (QED) is 0.479. The van der Waals surface area contributed by atoms with Crippen LogP contribution >= 0.6 is 23.2 Å². The molecule has 7 heteroatoms. The smallest absolute Gasteiger partial charge is 0.334 e. The summed E-state index contributed by atoms with van der Waals surface area (Å²) >= 11 is 11.2. The first-order valence-electron chi connectivity index (χ1n) is 5.74. The Kier molecular flexibility index (Phi) is 6.58. The summed E-state index contributed by atoms with van der Waals surface area (Å²) in [6.45, 7) is 0.133. The molecular formula is C10H17Cl2N3O2. The Morgan fingerprint density at radius 1 is 1.29 bits per heavy atom. The van der Waals surface area contributed by atoms with E-state index in [-0.39, 0.29) is 18.5 Å². The third kappa shape index (κ3) is 4.68. The normalized spacial score (nSPS) is 24.1. The van der Waals surface area contributed by atoms with E-state index in [1.165, 1.54) is 0 Å². The molecule has 0 aromatic carbocycles. The van der Waals surface area contributed by atoms with Crippen molar-refractivity contribution in [3.05, 3.63) is 4.91 Å². The summed E-state index contributed by atoms with van der Waals surface area (Å²) in [5.41, 5.74) is 0. The molecule has 5 nitrogen and oxygen atoms in total. The predicted molar refractivity (Wildman–Crippen MR) is 68.2 cm³/mol. The van der Waals surface area contributed by atoms with E-state index < -0.39 is 6.03 Å². The number of urea groups is 1. The zero-order valence-corrected chi connectivity index (χ0v) is 11.1. The Hall–Kier alpha value is -0.550. The number of amides is 2. The Morgan fingerprint density at radius 2 is 1.94 bits per heavy atom. The second kappa shape index (κ2) is 7.71. The number of carbonyl (C=O) groups is 1. The van der Waals surface area contributed by atoms with Crippen molar-refractivity contribution < 1.29 is 4.79 Å². The van der Waals surface area contributed by atoms with E-state index in [9.17, 15) is 9.70 Å². The number of nitrogens with one attached hydrogen (secondary N) is 1. The van der Waals surface area contributed by atoms with E-state index in [0.29, 0.717) is 11.8 Å². The number of hydrogen-bond donors (Lipinski definition) is 1. The van der Waals surface area contributed by atoms with Crippen LogP contribution in [0, 0.1) is 10.8 Å². The van der Waals surface area contributed by atoms with Crippen molar-refractivity contribution in [2.75, 3.05) is 18.3 Å². The second-order valence-electron chi connectivity index (χ2n) is 4.22. The molecule has 0 aliphatic heterocycles. The van der Waals surface area contributed by atoms with E-state index in [0.717, 1.165) is 30.7 Å². The van der Waals surface area contributed by atoms with Gasteiger partial charge in [0.05, 0.1) is 11.8 Å². The van der Waals surface area contributed by atoms with Gasteiger partial charge in [-0.3, -0.25) is 0 Å². The molecule has 0 spiro atoms. The van der Waals surface area contributed by atoms with Crippen LogP contribution in [0.4, 0.5) is 4.79 Å². The summed E-state index contributed by atoms with van der Waals surface area (Å²) in [5.74, 6) is 1.42. The van der Waals surface area contributed by atoms with E-state index in [1.807, 2.05) is 0 Å². The molecule has 0 radical (unpaired) electrons. The molecule has 0 bridgehead atoms. The summed E-state index contributed by atoms with van der Waals surface area (Å²) in [6.07, 6.45) is 3.82. The van der Waals surface area contributed by atoms with Gasteiger partial charge in [-0.15, -0.1) is 28.1 Å². The maximum Gasteiger partial charge on any atom is 0.340 e. The lowest BCUT2D eigenvalue weighted by Crippen LogP contribution is -2.44. The number of carbonyl (C=O) groups excluding carboxylic acids is 1. The summed E-state index contributed by atoms with van der Waals surface area (Å²) < 4.78 is 0. The first-order chi connectivity index (χ1) is 8.21. The van der Waals surface area contributed by atoms with Gasteiger partial charge in [0.15, 0.2) is 0 Å². The van der Waals surface area contributed by atoms with Gasteiger partial charge in [0.25, 0.3) is 0 Å². The van der Waals surface area contributed by atoms with Crippen LogP contribution in [0.25, 0.3) is 0 Å². The van der Waals surface area contributed by atoms with Crippen LogP contribution in [0.5, 0.6) is 0 Å². The molecule has 0 saturated heterocycles. The number of nitrogens with zero attached hydrogens (tertiary/aromatic N) is 2. The zero-order valence-electron chi connectivity index (χ0n) is 9.57. The Labute approximate surface area is 111 Å². The summed E-state index contributed by atoms with van der Waals surface area (Å²) in [7, 11) is 0. The fourth-order valence-corrected chi connectivity index (χ4v) is 2.44. The second-order valence-corrected chi connectivity index (χ2v) is 4.90. The monoisotopic (exact) mass is 281 g/mol. The highest BCUT2D eigenvalue weighted by molar-refractivity contribution is 6.18. The van der Waals surface area contributed by atoms with Crippen molar-refractivity contribution in [1.82, 2.24) is 10.3 Å². The molecule has 1 saturated carbocycles. The minimum Gasteiger partial charge on any atom is -0.334 e. The number of alkyl halides is 2. The Bertz CT molecular complexity index is 258. The maximum absolute atomic E-state index is 11.6. The van der Waals surface area contributed by atoms with E-state index in [4.69, 9.17) is 23.2 Å². The van der Waals surface area contributed by atoms with Gasteiger partial charge in [0.1, 0.15) is 0 Å². The number of halogens is 2. The van der Waals surface area contributed by atoms with E-state index in [2.05, 4.69) is 10.6 Å². The van der Waals surface area contributed by atoms with Crippen molar-refractivity contribution in [3.8, 4) is 0 Å². The first kappa shape index (κ1) is 14.5. The topological polar surface area (TPSA) is 61.8 Å². The molecule has 1 N–H and O–H groups in total. The van der Waals surface area contributed by atoms with Crippen LogP contribution in [0.3, 0.4) is 0 Å². The van der Waals surface area contributed by atoms with Crippen molar-refractivity contribution in [1.29, 1.82) is 0 Å². The average Bonchev–Trinajstić information content (AvgIpc) is 2.36. The lowest BCUT2D eigenvalue weighted by atomic mass is 9.87. The minimum absolute atomic E-state index is 0.113. The molecule has 0 atom stereocenters. The number of rotatable bonds is 5. The van der Waals surface area contributed by atoms with E-state index >= 15 is 0 Å². The van der Waals surface area contributed by atoms with Crippen LogP contribution in [0.2, 0.25) is 0 Å². The van der Waals surface area contributed by atoms with Crippen LogP contribution < -0.4 is 5.32 Å². The van der Waals surface area contributed by atoms with Crippen LogP contribution in [0.15, 0.2) is 5.29 Å². The molecule has 0 heterocycles. The van der Waals surface area contributed by atoms with Crippen molar-refractivity contribution in [2.24, 2.45) is 11.2 Å². The average molecular weight is 282 g/mol. The molecule has 2 amide bonds. The highest BCUT2D eigenvalue weighted by Crippen LogP contribution is 2.25. The molecule has 1 fully saturated rings. The summed E-state index contributed by atoms with van der Waals surface area (Å²) in [5, 5.41) is 6.25. The van der Waals surface area contributed by atoms with Gasteiger partial charge in [-0.05, 0) is 31.6 Å². The molecule has 1 aliphatic carbocycles. The lowest BCUT2D eigenvalue weighted by molar-refractivity contribution is 0.191. The van der Waals surface area contributed by atoms with Gasteiger partial charge in [-0.1, -0.05) is 0 Å². The van der Waals surface area contributed by atoms with Gasteiger partial charge >= 0.3 is 6.03 Å². The highest BCUT2D eigenvalue weighted by Gasteiger charge is 2.23. The van der Waals surface area contributed by atoms with Gasteiger partial charge in [-0.2, -0.15) is 5.01 Å². The maximum atomic E-state index is 11.6. The van der Waals surface area contributed by atoms with Gasteiger partial charge in [0.2, 0.25) is 0 Å². The SMILES string of the molecule is O=NN(CCCl)C(=O)N[C@H]1CC[C@H](CCl)CC1. The molecule has 98 valence electrons. The fourth-order valence-electron chi connectivity index (χ4n) is 1.97. The third-order valence-electron chi connectivity index (χ3n) is 3.02. The predicted octanol–water partition coefficient (Wildman–Crippen LogP) is 2.72. The van der Waals surface area contributed by atoms with Crippen LogP contribution in [-0.2, 0) is 0 Å². The van der Waals surface area contributed by atoms with Gasteiger partial charge in [-0.25, -0.2) is 4.79 Å². The van der Waals surface area contributed by atoms with Crippen molar-refractivity contribution in [3.63, 3.8) is 0 Å². The van der Waals surface area contributed by atoms with Crippen molar-refractivity contribution >= 4 is 29.2 Å². The molecule has 0 aromatic rings. The lowest BCUT2D eigenvalue weighted by Gasteiger charge is -2.28. The molecule has 1 rings (SSSR count). The van der Waals surface area contributed by atoms with Gasteiger partial charge in [0, 0.05) is 17.8 Å². The molecule has 0 unspecified atom stereocenters. The number of hydrogen-bond acceptors (Lipinski definition) is 3. The molecule has 1 aliphatic rings. The first-order valence-corrected chi connectivity index (χ1v) is 6.81. The Balaban J connectivity index is 2.33. The van der Waals surface area contributed by atoms with Crippen molar-refractivity contribution in [2.45, 2.75) is 31.7 Å². The standard InChI is InChI=1S/C10H17Cl2N3O2/c11-5-6-15(14-17)10(16)13-9-3-1-8(7-12)2-4-9/h8-9H,1-7H2,(H,13,16)/t8-,9-. The number of nitroso groups, excluding NO2 is 1. The fraction of sp³-hybridized carbons (Fsp3) is 0.900. The Morgan fingerprint density at radius 3 is 2.41 bits per heavy atom. The van der Waals surface area contributed by atoms with Crippen LogP contribution in [-0.4, -0.2) is 35.4 Å². The molecule has 0 aromatic heterocycles. The molecular weight excluding hydrogens is 265 g/mol. The largest absolute Gasteiger partial charge is 0.340 e. The highest BCUT2D eigenvalue weighted by atomic mass is 35.5. The zero-order chi connectivity index (χ0) is 12.7. The summed E-state index contributed by atoms with van der Waals surface area (Å²) in [6, 6.07) is -0.350. The van der Waals surface area contributed by atoms with E-state index in [1.54, 1.807) is 0 Å². The summed E-state index contributed by atoms with van der Waals surface area (Å²) in [4.78, 5) is 22.0. The molecule has 17 heavy (non-hydrogen) atoms. The third-order valence-corrected chi connectivity index (χ3v) is 3.63.